The van der Waals surface area contributed by atoms with Crippen molar-refractivity contribution in [1.29, 1.82) is 0 Å². The highest BCUT2D eigenvalue weighted by atomic mass is 32.2. The van der Waals surface area contributed by atoms with Gasteiger partial charge in [-0.05, 0) is 62.1 Å². The molecule has 1 aromatic heterocycles. The first-order valence-electron chi connectivity index (χ1n) is 10.2. The molecule has 0 N–H and O–H groups in total. The standard InChI is InChI=1S/C21H29F3N2S/c1-14(2)19-17(7-8-18(25-19)21(22,23)24)15-3-5-16(6-4-15)26-10-9-20(11-26)12-27-13-20/h7-8,14-16H,3-6,9-13H2,1-2H3. The largest absolute Gasteiger partial charge is 0.433 e. The van der Waals surface area contributed by atoms with Gasteiger partial charge in [0.1, 0.15) is 5.69 Å². The third-order valence-electron chi connectivity index (χ3n) is 6.73. The molecule has 0 radical (unpaired) electrons. The first-order valence-corrected chi connectivity index (χ1v) is 11.3. The molecule has 0 amide bonds. The fourth-order valence-electron chi connectivity index (χ4n) is 5.11. The lowest BCUT2D eigenvalue weighted by atomic mass is 9.79. The van der Waals surface area contributed by atoms with Gasteiger partial charge in [0.25, 0.3) is 0 Å². The molecule has 3 heterocycles. The Morgan fingerprint density at radius 3 is 2.37 bits per heavy atom. The highest BCUT2D eigenvalue weighted by Gasteiger charge is 2.45. The Hall–Kier alpha value is -0.750. The van der Waals surface area contributed by atoms with Gasteiger partial charge in [-0.2, -0.15) is 24.9 Å². The van der Waals surface area contributed by atoms with E-state index in [4.69, 9.17) is 0 Å². The second-order valence-corrected chi connectivity index (χ2v) is 10.0. The topological polar surface area (TPSA) is 16.1 Å². The molecule has 1 spiro atoms. The Bertz CT molecular complexity index is 676. The maximum Gasteiger partial charge on any atom is 0.433 e. The summed E-state index contributed by atoms with van der Waals surface area (Å²) in [6.45, 7) is 6.37. The zero-order valence-corrected chi connectivity index (χ0v) is 17.0. The van der Waals surface area contributed by atoms with Crippen molar-refractivity contribution in [2.75, 3.05) is 24.6 Å². The van der Waals surface area contributed by atoms with E-state index in [2.05, 4.69) is 21.6 Å². The maximum absolute atomic E-state index is 13.1. The summed E-state index contributed by atoms with van der Waals surface area (Å²) in [5.41, 5.74) is 1.53. The summed E-state index contributed by atoms with van der Waals surface area (Å²) in [7, 11) is 0. The van der Waals surface area contributed by atoms with Crippen LogP contribution in [0.25, 0.3) is 0 Å². The number of aromatic nitrogens is 1. The van der Waals surface area contributed by atoms with Crippen molar-refractivity contribution in [2.24, 2.45) is 5.41 Å². The molecular formula is C21H29F3N2S. The average Bonchev–Trinajstić information content (AvgIpc) is 3.07. The maximum atomic E-state index is 13.1. The number of pyridine rings is 1. The molecule has 3 fully saturated rings. The molecule has 0 bridgehead atoms. The van der Waals surface area contributed by atoms with Gasteiger partial charge in [-0.1, -0.05) is 19.9 Å². The van der Waals surface area contributed by atoms with E-state index in [0.717, 1.165) is 31.2 Å². The van der Waals surface area contributed by atoms with Gasteiger partial charge >= 0.3 is 6.18 Å². The van der Waals surface area contributed by atoms with Crippen molar-refractivity contribution in [1.82, 2.24) is 9.88 Å². The van der Waals surface area contributed by atoms with Crippen molar-refractivity contribution >= 4 is 11.8 Å². The SMILES string of the molecule is CC(C)c1nc(C(F)(F)F)ccc1C1CCC(N2CCC3(CSC3)C2)CC1. The van der Waals surface area contributed by atoms with E-state index in [0.29, 0.717) is 23.1 Å². The molecule has 2 saturated heterocycles. The molecule has 150 valence electrons. The zero-order valence-electron chi connectivity index (χ0n) is 16.2. The highest BCUT2D eigenvalue weighted by Crippen LogP contribution is 2.47. The minimum Gasteiger partial charge on any atom is -0.300 e. The Morgan fingerprint density at radius 2 is 1.85 bits per heavy atom. The number of hydrogen-bond acceptors (Lipinski definition) is 3. The van der Waals surface area contributed by atoms with Gasteiger partial charge in [-0.3, -0.25) is 4.90 Å². The van der Waals surface area contributed by atoms with E-state index in [1.54, 1.807) is 6.07 Å². The van der Waals surface area contributed by atoms with E-state index in [1.807, 2.05) is 13.8 Å². The Morgan fingerprint density at radius 1 is 1.15 bits per heavy atom. The molecule has 0 unspecified atom stereocenters. The van der Waals surface area contributed by atoms with Crippen LogP contribution in [0.4, 0.5) is 13.2 Å². The van der Waals surface area contributed by atoms with E-state index in [-0.39, 0.29) is 5.92 Å². The Labute approximate surface area is 164 Å². The predicted molar refractivity (Wildman–Crippen MR) is 104 cm³/mol. The minimum absolute atomic E-state index is 0.00887. The molecule has 2 nitrogen and oxygen atoms in total. The molecule has 0 atom stereocenters. The van der Waals surface area contributed by atoms with Crippen LogP contribution in [0, 0.1) is 5.41 Å². The first kappa shape index (κ1) is 19.6. The number of thioether (sulfide) groups is 1. The smallest absolute Gasteiger partial charge is 0.300 e. The number of hydrogen-bond donors (Lipinski definition) is 0. The van der Waals surface area contributed by atoms with Gasteiger partial charge in [-0.25, -0.2) is 4.98 Å². The number of alkyl halides is 3. The van der Waals surface area contributed by atoms with E-state index in [1.165, 1.54) is 37.1 Å². The highest BCUT2D eigenvalue weighted by molar-refractivity contribution is 8.00. The van der Waals surface area contributed by atoms with E-state index in [9.17, 15) is 13.2 Å². The van der Waals surface area contributed by atoms with Crippen molar-refractivity contribution in [2.45, 2.75) is 70.0 Å². The van der Waals surface area contributed by atoms with Crippen LogP contribution in [0.5, 0.6) is 0 Å². The second-order valence-electron chi connectivity index (χ2n) is 9.04. The van der Waals surface area contributed by atoms with Crippen LogP contribution < -0.4 is 0 Å². The van der Waals surface area contributed by atoms with Gasteiger partial charge in [0.15, 0.2) is 0 Å². The number of rotatable bonds is 3. The minimum atomic E-state index is -4.37. The van der Waals surface area contributed by atoms with Gasteiger partial charge in [-0.15, -0.1) is 0 Å². The summed E-state index contributed by atoms with van der Waals surface area (Å²) in [4.78, 5) is 6.71. The van der Waals surface area contributed by atoms with Gasteiger partial charge < -0.3 is 0 Å². The molecule has 1 aliphatic carbocycles. The van der Waals surface area contributed by atoms with Crippen LogP contribution in [0.1, 0.15) is 74.7 Å². The quantitative estimate of drug-likeness (QED) is 0.651. The van der Waals surface area contributed by atoms with Gasteiger partial charge in [0, 0.05) is 35.2 Å². The molecule has 1 aromatic rings. The van der Waals surface area contributed by atoms with Crippen LogP contribution in [0.3, 0.4) is 0 Å². The number of likely N-dealkylation sites (tertiary alicyclic amines) is 1. The Balaban J connectivity index is 1.43. The third kappa shape index (κ3) is 3.89. The summed E-state index contributed by atoms with van der Waals surface area (Å²) in [5.74, 6) is 3.01. The van der Waals surface area contributed by atoms with Crippen LogP contribution in [-0.4, -0.2) is 40.5 Å². The molecule has 6 heteroatoms. The first-order chi connectivity index (χ1) is 12.8. The molecule has 4 rings (SSSR count). The molecule has 2 aliphatic heterocycles. The molecular weight excluding hydrogens is 369 g/mol. The predicted octanol–water partition coefficient (Wildman–Crippen LogP) is 5.69. The molecule has 3 aliphatic rings. The van der Waals surface area contributed by atoms with E-state index < -0.39 is 11.9 Å². The molecule has 27 heavy (non-hydrogen) atoms. The summed E-state index contributed by atoms with van der Waals surface area (Å²) in [5, 5.41) is 0. The van der Waals surface area contributed by atoms with Crippen LogP contribution in [0.15, 0.2) is 12.1 Å². The number of halogens is 3. The number of nitrogens with zero attached hydrogens (tertiary/aromatic N) is 2. The zero-order chi connectivity index (χ0) is 19.2. The lowest BCUT2D eigenvalue weighted by Crippen LogP contribution is -2.42. The van der Waals surface area contributed by atoms with Crippen molar-refractivity contribution in [3.8, 4) is 0 Å². The van der Waals surface area contributed by atoms with Gasteiger partial charge in [0.2, 0.25) is 0 Å². The van der Waals surface area contributed by atoms with Crippen LogP contribution in [-0.2, 0) is 6.18 Å². The van der Waals surface area contributed by atoms with Crippen molar-refractivity contribution < 1.29 is 13.2 Å². The van der Waals surface area contributed by atoms with Crippen LogP contribution >= 0.6 is 11.8 Å². The van der Waals surface area contributed by atoms with Crippen LogP contribution in [0.2, 0.25) is 0 Å². The summed E-state index contributed by atoms with van der Waals surface area (Å²) < 4.78 is 39.2. The summed E-state index contributed by atoms with van der Waals surface area (Å²) in [6.07, 6.45) is 1.43. The Kier molecular flexibility index (Phi) is 5.25. The second kappa shape index (κ2) is 7.25. The lowest BCUT2D eigenvalue weighted by molar-refractivity contribution is -0.141. The monoisotopic (exact) mass is 398 g/mol. The normalized spacial score (nSPS) is 28.7. The van der Waals surface area contributed by atoms with Gasteiger partial charge in [0.05, 0.1) is 0 Å². The molecule has 1 saturated carbocycles. The van der Waals surface area contributed by atoms with Crippen molar-refractivity contribution in [3.05, 3.63) is 29.1 Å². The lowest BCUT2D eigenvalue weighted by Gasteiger charge is -2.40. The van der Waals surface area contributed by atoms with E-state index >= 15 is 0 Å². The summed E-state index contributed by atoms with van der Waals surface area (Å²) in [6, 6.07) is 3.54. The molecule has 0 aromatic carbocycles. The summed E-state index contributed by atoms with van der Waals surface area (Å²) >= 11 is 2.07. The fraction of sp³-hybridized carbons (Fsp3) is 0.762. The average molecular weight is 399 g/mol. The van der Waals surface area contributed by atoms with Crippen molar-refractivity contribution in [3.63, 3.8) is 0 Å². The third-order valence-corrected chi connectivity index (χ3v) is 8.37. The fourth-order valence-corrected chi connectivity index (χ4v) is 6.36.